The normalized spacial score (nSPS) is 10.5. The smallest absolute Gasteiger partial charge is 0.271 e. The van der Waals surface area contributed by atoms with Crippen molar-refractivity contribution in [1.82, 2.24) is 9.97 Å². The molecule has 0 bridgehead atoms. The third-order valence-corrected chi connectivity index (χ3v) is 4.08. The number of nitro groups is 1. The van der Waals surface area contributed by atoms with Gasteiger partial charge in [-0.15, -0.1) is 0 Å². The summed E-state index contributed by atoms with van der Waals surface area (Å²) >= 11 is 1.46. The van der Waals surface area contributed by atoms with E-state index in [-0.39, 0.29) is 5.69 Å². The van der Waals surface area contributed by atoms with Crippen LogP contribution in [0.3, 0.4) is 0 Å². The van der Waals surface area contributed by atoms with Crippen molar-refractivity contribution in [3.8, 4) is 6.07 Å². The van der Waals surface area contributed by atoms with Crippen LogP contribution in [0.2, 0.25) is 0 Å². The average Bonchev–Trinajstić information content (AvgIpc) is 2.95. The van der Waals surface area contributed by atoms with E-state index in [4.69, 9.17) is 5.26 Å². The molecule has 0 radical (unpaired) electrons. The number of rotatable bonds is 4. The molecule has 0 aliphatic heterocycles. The Morgan fingerprint density at radius 1 is 1.32 bits per heavy atom. The molecule has 0 spiro atoms. The molecule has 0 atom stereocenters. The third kappa shape index (κ3) is 2.77. The molecule has 0 saturated heterocycles. The number of aromatic amines is 1. The lowest BCUT2D eigenvalue weighted by Crippen LogP contribution is -1.87. The van der Waals surface area contributed by atoms with Gasteiger partial charge in [0.1, 0.15) is 0 Å². The van der Waals surface area contributed by atoms with Crippen LogP contribution in [0.5, 0.6) is 0 Å². The van der Waals surface area contributed by atoms with E-state index in [2.05, 4.69) is 16.0 Å². The van der Waals surface area contributed by atoms with E-state index < -0.39 is 4.92 Å². The third-order valence-electron chi connectivity index (χ3n) is 3.16. The molecule has 2 aromatic carbocycles. The molecule has 0 aliphatic carbocycles. The summed E-state index contributed by atoms with van der Waals surface area (Å²) in [7, 11) is 0. The highest BCUT2D eigenvalue weighted by Crippen LogP contribution is 2.26. The Bertz CT molecular complexity index is 898. The number of nitrogens with zero attached hydrogens (tertiary/aromatic N) is 3. The van der Waals surface area contributed by atoms with Crippen molar-refractivity contribution in [3.05, 3.63) is 63.7 Å². The van der Waals surface area contributed by atoms with Crippen LogP contribution in [0.1, 0.15) is 11.1 Å². The summed E-state index contributed by atoms with van der Waals surface area (Å²) in [6, 6.07) is 14.1. The van der Waals surface area contributed by atoms with Gasteiger partial charge in [0.05, 0.1) is 27.6 Å². The van der Waals surface area contributed by atoms with E-state index in [0.717, 1.165) is 5.56 Å². The van der Waals surface area contributed by atoms with Gasteiger partial charge in [-0.2, -0.15) is 5.26 Å². The number of H-pyrrole nitrogens is 1. The highest BCUT2D eigenvalue weighted by atomic mass is 32.2. The van der Waals surface area contributed by atoms with Crippen molar-refractivity contribution < 1.29 is 4.92 Å². The molecule has 22 heavy (non-hydrogen) atoms. The fourth-order valence-electron chi connectivity index (χ4n) is 2.06. The molecule has 0 fully saturated rings. The van der Waals surface area contributed by atoms with Crippen LogP contribution in [-0.2, 0) is 5.75 Å². The van der Waals surface area contributed by atoms with Gasteiger partial charge >= 0.3 is 0 Å². The van der Waals surface area contributed by atoms with Crippen molar-refractivity contribution in [2.75, 3.05) is 0 Å². The van der Waals surface area contributed by atoms with Gasteiger partial charge < -0.3 is 4.98 Å². The molecule has 108 valence electrons. The Morgan fingerprint density at radius 3 is 2.91 bits per heavy atom. The minimum Gasteiger partial charge on any atom is -0.333 e. The van der Waals surface area contributed by atoms with Crippen molar-refractivity contribution in [2.45, 2.75) is 10.9 Å². The zero-order valence-corrected chi connectivity index (χ0v) is 12.1. The summed E-state index contributed by atoms with van der Waals surface area (Å²) in [6.07, 6.45) is 0. The molecule has 7 heteroatoms. The molecular formula is C15H10N4O2S. The zero-order chi connectivity index (χ0) is 15.5. The Labute approximate surface area is 129 Å². The summed E-state index contributed by atoms with van der Waals surface area (Å²) in [5, 5.41) is 20.5. The second kappa shape index (κ2) is 5.87. The monoisotopic (exact) mass is 310 g/mol. The van der Waals surface area contributed by atoms with Crippen molar-refractivity contribution in [1.29, 1.82) is 5.26 Å². The number of imidazole rings is 1. The lowest BCUT2D eigenvalue weighted by atomic mass is 10.1. The fraction of sp³-hybridized carbons (Fsp3) is 0.0667. The summed E-state index contributed by atoms with van der Waals surface area (Å²) in [6.45, 7) is 0. The first kappa shape index (κ1) is 14.1. The van der Waals surface area contributed by atoms with E-state index in [1.807, 2.05) is 18.2 Å². The average molecular weight is 310 g/mol. The highest BCUT2D eigenvalue weighted by molar-refractivity contribution is 7.98. The molecule has 0 saturated carbocycles. The Morgan fingerprint density at radius 2 is 2.14 bits per heavy atom. The van der Waals surface area contributed by atoms with Crippen molar-refractivity contribution in [2.24, 2.45) is 0 Å². The van der Waals surface area contributed by atoms with Crippen LogP contribution in [-0.4, -0.2) is 14.9 Å². The van der Waals surface area contributed by atoms with Crippen LogP contribution >= 0.6 is 11.8 Å². The van der Waals surface area contributed by atoms with E-state index in [1.165, 1.54) is 23.9 Å². The van der Waals surface area contributed by atoms with Crippen LogP contribution in [0.15, 0.2) is 47.6 Å². The number of non-ortho nitro benzene ring substituents is 1. The molecule has 3 rings (SSSR count). The van der Waals surface area contributed by atoms with Gasteiger partial charge in [0.25, 0.3) is 5.69 Å². The summed E-state index contributed by atoms with van der Waals surface area (Å²) in [5.74, 6) is 0.603. The number of hydrogen-bond acceptors (Lipinski definition) is 5. The largest absolute Gasteiger partial charge is 0.333 e. The molecule has 0 amide bonds. The maximum Gasteiger partial charge on any atom is 0.271 e. The number of hydrogen-bond donors (Lipinski definition) is 1. The van der Waals surface area contributed by atoms with Crippen LogP contribution in [0, 0.1) is 21.4 Å². The SMILES string of the molecule is N#Cc1ccccc1CSc1nc2ccc([N+](=O)[O-])cc2[nH]1. The molecular weight excluding hydrogens is 300 g/mol. The second-order valence-corrected chi connectivity index (χ2v) is 5.52. The minimum absolute atomic E-state index is 0.0301. The fourth-order valence-corrected chi connectivity index (χ4v) is 2.95. The lowest BCUT2D eigenvalue weighted by molar-refractivity contribution is -0.384. The number of aromatic nitrogens is 2. The van der Waals surface area contributed by atoms with Crippen LogP contribution in [0.25, 0.3) is 11.0 Å². The highest BCUT2D eigenvalue weighted by Gasteiger charge is 2.10. The number of fused-ring (bicyclic) bond motifs is 1. The number of nitriles is 1. The van der Waals surface area contributed by atoms with Gasteiger partial charge in [0, 0.05) is 17.9 Å². The quantitative estimate of drug-likeness (QED) is 0.451. The Balaban J connectivity index is 1.82. The zero-order valence-electron chi connectivity index (χ0n) is 11.3. The van der Waals surface area contributed by atoms with Gasteiger partial charge in [-0.05, 0) is 17.7 Å². The number of nitrogens with one attached hydrogen (secondary N) is 1. The molecule has 1 heterocycles. The first-order valence-electron chi connectivity index (χ1n) is 6.42. The Hall–Kier alpha value is -2.85. The van der Waals surface area contributed by atoms with Crippen molar-refractivity contribution >= 4 is 28.5 Å². The van der Waals surface area contributed by atoms with Crippen LogP contribution < -0.4 is 0 Å². The molecule has 0 aliphatic rings. The first-order chi connectivity index (χ1) is 10.7. The van der Waals surface area contributed by atoms with Crippen molar-refractivity contribution in [3.63, 3.8) is 0 Å². The molecule has 1 N–H and O–H groups in total. The summed E-state index contributed by atoms with van der Waals surface area (Å²) in [5.41, 5.74) is 2.91. The standard InChI is InChI=1S/C15H10N4O2S/c16-8-10-3-1-2-4-11(10)9-22-15-17-13-6-5-12(19(20)21)7-14(13)18-15/h1-7H,9H2,(H,17,18). The number of thioether (sulfide) groups is 1. The lowest BCUT2D eigenvalue weighted by Gasteiger charge is -2.01. The molecule has 1 aromatic heterocycles. The van der Waals surface area contributed by atoms with E-state index in [9.17, 15) is 10.1 Å². The van der Waals surface area contributed by atoms with E-state index >= 15 is 0 Å². The topological polar surface area (TPSA) is 95.6 Å². The Kier molecular flexibility index (Phi) is 3.76. The van der Waals surface area contributed by atoms with Gasteiger partial charge in [-0.1, -0.05) is 30.0 Å². The summed E-state index contributed by atoms with van der Waals surface area (Å²) < 4.78 is 0. The molecule has 3 aromatic rings. The molecule has 0 unspecified atom stereocenters. The van der Waals surface area contributed by atoms with E-state index in [1.54, 1.807) is 12.1 Å². The number of benzene rings is 2. The van der Waals surface area contributed by atoms with Gasteiger partial charge in [-0.25, -0.2) is 4.98 Å². The van der Waals surface area contributed by atoms with Gasteiger partial charge in [-0.3, -0.25) is 10.1 Å². The first-order valence-corrected chi connectivity index (χ1v) is 7.41. The minimum atomic E-state index is -0.434. The number of nitro benzene ring substituents is 1. The second-order valence-electron chi connectivity index (χ2n) is 4.56. The predicted molar refractivity (Wildman–Crippen MR) is 83.5 cm³/mol. The van der Waals surface area contributed by atoms with Gasteiger partial charge in [0.15, 0.2) is 5.16 Å². The molecule has 6 nitrogen and oxygen atoms in total. The summed E-state index contributed by atoms with van der Waals surface area (Å²) in [4.78, 5) is 17.8. The van der Waals surface area contributed by atoms with Gasteiger partial charge in [0.2, 0.25) is 0 Å². The predicted octanol–water partition coefficient (Wildman–Crippen LogP) is 3.64. The maximum absolute atomic E-state index is 10.8. The van der Waals surface area contributed by atoms with E-state index in [0.29, 0.717) is 27.5 Å². The van der Waals surface area contributed by atoms with Crippen LogP contribution in [0.4, 0.5) is 5.69 Å². The maximum atomic E-state index is 10.8.